The summed E-state index contributed by atoms with van der Waals surface area (Å²) in [7, 11) is 0. The summed E-state index contributed by atoms with van der Waals surface area (Å²) in [6.45, 7) is 2.52. The summed E-state index contributed by atoms with van der Waals surface area (Å²) in [4.78, 5) is 23.3. The smallest absolute Gasteiger partial charge is 0.316 e. The lowest BCUT2D eigenvalue weighted by atomic mass is 9.71. The minimum absolute atomic E-state index is 0.0304. The zero-order valence-electron chi connectivity index (χ0n) is 14.3. The van der Waals surface area contributed by atoms with Crippen LogP contribution in [0.4, 0.5) is 10.5 Å². The molecule has 0 saturated heterocycles. The molecule has 3 amide bonds. The van der Waals surface area contributed by atoms with E-state index in [2.05, 4.69) is 10.6 Å². The Kier molecular flexibility index (Phi) is 6.20. The molecular formula is C18H28N4O2. The van der Waals surface area contributed by atoms with Gasteiger partial charge in [-0.25, -0.2) is 4.79 Å². The van der Waals surface area contributed by atoms with Gasteiger partial charge < -0.3 is 22.1 Å². The molecule has 0 bridgehead atoms. The predicted octanol–water partition coefficient (Wildman–Crippen LogP) is 2.65. The third-order valence-corrected chi connectivity index (χ3v) is 4.94. The van der Waals surface area contributed by atoms with Crippen LogP contribution in [0, 0.1) is 5.41 Å². The molecule has 1 saturated carbocycles. The van der Waals surface area contributed by atoms with Crippen molar-refractivity contribution in [3.05, 3.63) is 29.8 Å². The highest BCUT2D eigenvalue weighted by Gasteiger charge is 2.33. The van der Waals surface area contributed by atoms with E-state index in [1.165, 1.54) is 6.42 Å². The molecule has 1 aliphatic rings. The molecule has 132 valence electrons. The van der Waals surface area contributed by atoms with Crippen LogP contribution in [0.3, 0.4) is 0 Å². The number of primary amides is 1. The summed E-state index contributed by atoms with van der Waals surface area (Å²) in [5, 5.41) is 5.57. The van der Waals surface area contributed by atoms with E-state index < -0.39 is 6.03 Å². The van der Waals surface area contributed by atoms with E-state index in [0.717, 1.165) is 31.2 Å². The van der Waals surface area contributed by atoms with Crippen LogP contribution in [0.2, 0.25) is 0 Å². The second kappa shape index (κ2) is 8.15. The number of hydrogen-bond acceptors (Lipinski definition) is 3. The van der Waals surface area contributed by atoms with E-state index in [9.17, 15) is 9.59 Å². The van der Waals surface area contributed by atoms with Crippen LogP contribution in [0.1, 0.15) is 57.1 Å². The van der Waals surface area contributed by atoms with Crippen molar-refractivity contribution in [2.45, 2.75) is 51.5 Å². The van der Waals surface area contributed by atoms with Crippen molar-refractivity contribution in [2.75, 3.05) is 11.9 Å². The summed E-state index contributed by atoms with van der Waals surface area (Å²) in [6.07, 6.45) is 6.14. The number of hydrogen-bond donors (Lipinski definition) is 4. The fraction of sp³-hybridized carbons (Fsp3) is 0.556. The molecule has 1 aromatic carbocycles. The van der Waals surface area contributed by atoms with Crippen molar-refractivity contribution < 1.29 is 9.59 Å². The van der Waals surface area contributed by atoms with Gasteiger partial charge in [-0.1, -0.05) is 31.4 Å². The van der Waals surface area contributed by atoms with Crippen LogP contribution in [0.15, 0.2) is 24.3 Å². The van der Waals surface area contributed by atoms with E-state index in [0.29, 0.717) is 18.7 Å². The standard InChI is InChI=1S/C18H28N4O2/c1-13(14-5-7-15(8-6-14)22-17(20)24)21-16(23)11-18(12-19)9-3-2-4-10-18/h5-8,13H,2-4,9-12,19H2,1H3,(H,21,23)(H3,20,22,24). The first-order valence-corrected chi connectivity index (χ1v) is 8.60. The first kappa shape index (κ1) is 18.3. The third kappa shape index (κ3) is 4.96. The number of nitrogens with two attached hydrogens (primary N) is 2. The van der Waals surface area contributed by atoms with Gasteiger partial charge in [0.2, 0.25) is 5.91 Å². The Labute approximate surface area is 143 Å². The van der Waals surface area contributed by atoms with Crippen LogP contribution in [0.5, 0.6) is 0 Å². The van der Waals surface area contributed by atoms with E-state index in [4.69, 9.17) is 11.5 Å². The molecule has 1 aliphatic carbocycles. The Bertz CT molecular complexity index is 565. The fourth-order valence-electron chi connectivity index (χ4n) is 3.47. The monoisotopic (exact) mass is 332 g/mol. The number of benzene rings is 1. The Balaban J connectivity index is 1.92. The number of amides is 3. The van der Waals surface area contributed by atoms with Crippen molar-refractivity contribution in [3.8, 4) is 0 Å². The number of urea groups is 1. The van der Waals surface area contributed by atoms with Gasteiger partial charge in [-0.05, 0) is 49.4 Å². The Morgan fingerprint density at radius 3 is 2.33 bits per heavy atom. The molecule has 0 spiro atoms. The number of anilines is 1. The van der Waals surface area contributed by atoms with Crippen molar-refractivity contribution in [3.63, 3.8) is 0 Å². The van der Waals surface area contributed by atoms with Crippen molar-refractivity contribution in [1.29, 1.82) is 0 Å². The quantitative estimate of drug-likeness (QED) is 0.642. The molecule has 0 radical (unpaired) electrons. The molecule has 1 fully saturated rings. The Morgan fingerprint density at radius 1 is 1.17 bits per heavy atom. The average Bonchev–Trinajstić information content (AvgIpc) is 2.55. The van der Waals surface area contributed by atoms with Gasteiger partial charge in [-0.3, -0.25) is 4.79 Å². The molecule has 1 unspecified atom stereocenters. The largest absolute Gasteiger partial charge is 0.351 e. The van der Waals surface area contributed by atoms with Gasteiger partial charge in [0.05, 0.1) is 6.04 Å². The van der Waals surface area contributed by atoms with Gasteiger partial charge in [-0.2, -0.15) is 0 Å². The molecule has 6 N–H and O–H groups in total. The lowest BCUT2D eigenvalue weighted by molar-refractivity contribution is -0.124. The maximum Gasteiger partial charge on any atom is 0.316 e. The first-order valence-electron chi connectivity index (χ1n) is 8.60. The average molecular weight is 332 g/mol. The summed E-state index contributed by atoms with van der Waals surface area (Å²) in [6, 6.07) is 6.59. The van der Waals surface area contributed by atoms with Gasteiger partial charge in [0, 0.05) is 12.1 Å². The zero-order chi connectivity index (χ0) is 17.6. The van der Waals surface area contributed by atoms with E-state index >= 15 is 0 Å². The Hall–Kier alpha value is -2.08. The van der Waals surface area contributed by atoms with E-state index in [1.54, 1.807) is 12.1 Å². The number of carbonyl (C=O) groups is 2. The van der Waals surface area contributed by atoms with Gasteiger partial charge >= 0.3 is 6.03 Å². The van der Waals surface area contributed by atoms with Gasteiger partial charge in [0.25, 0.3) is 0 Å². The van der Waals surface area contributed by atoms with Gasteiger partial charge in [0.15, 0.2) is 0 Å². The molecule has 1 atom stereocenters. The molecule has 6 heteroatoms. The zero-order valence-corrected chi connectivity index (χ0v) is 14.3. The fourth-order valence-corrected chi connectivity index (χ4v) is 3.47. The van der Waals surface area contributed by atoms with Crippen LogP contribution < -0.4 is 22.1 Å². The van der Waals surface area contributed by atoms with Crippen molar-refractivity contribution >= 4 is 17.6 Å². The molecule has 6 nitrogen and oxygen atoms in total. The van der Waals surface area contributed by atoms with Gasteiger partial charge in [-0.15, -0.1) is 0 Å². The molecule has 0 aliphatic heterocycles. The van der Waals surface area contributed by atoms with Crippen LogP contribution in [-0.4, -0.2) is 18.5 Å². The van der Waals surface area contributed by atoms with Crippen molar-refractivity contribution in [2.24, 2.45) is 16.9 Å². The molecule has 0 heterocycles. The highest BCUT2D eigenvalue weighted by molar-refractivity contribution is 5.87. The van der Waals surface area contributed by atoms with Crippen LogP contribution in [-0.2, 0) is 4.79 Å². The summed E-state index contributed by atoms with van der Waals surface area (Å²) < 4.78 is 0. The SMILES string of the molecule is CC(NC(=O)CC1(CN)CCCCC1)c1ccc(NC(N)=O)cc1. The van der Waals surface area contributed by atoms with E-state index in [1.807, 2.05) is 19.1 Å². The second-order valence-electron chi connectivity index (χ2n) is 6.84. The highest BCUT2D eigenvalue weighted by Crippen LogP contribution is 2.38. The minimum Gasteiger partial charge on any atom is -0.351 e. The summed E-state index contributed by atoms with van der Waals surface area (Å²) in [5.41, 5.74) is 12.6. The lowest BCUT2D eigenvalue weighted by Gasteiger charge is -2.36. The third-order valence-electron chi connectivity index (χ3n) is 4.94. The van der Waals surface area contributed by atoms with Crippen molar-refractivity contribution in [1.82, 2.24) is 5.32 Å². The number of rotatable bonds is 6. The summed E-state index contributed by atoms with van der Waals surface area (Å²) in [5.74, 6) is 0.0502. The van der Waals surface area contributed by atoms with Gasteiger partial charge in [0.1, 0.15) is 0 Å². The minimum atomic E-state index is -0.594. The van der Waals surface area contributed by atoms with Crippen LogP contribution in [0.25, 0.3) is 0 Å². The number of nitrogens with one attached hydrogen (secondary N) is 2. The molecule has 24 heavy (non-hydrogen) atoms. The highest BCUT2D eigenvalue weighted by atomic mass is 16.2. The normalized spacial score (nSPS) is 17.8. The Morgan fingerprint density at radius 2 is 1.79 bits per heavy atom. The first-order chi connectivity index (χ1) is 11.4. The lowest BCUT2D eigenvalue weighted by Crippen LogP contribution is -2.39. The van der Waals surface area contributed by atoms with Crippen LogP contribution >= 0.6 is 0 Å². The predicted molar refractivity (Wildman–Crippen MR) is 95.4 cm³/mol. The molecular weight excluding hydrogens is 304 g/mol. The molecule has 2 rings (SSSR count). The molecule has 1 aromatic rings. The summed E-state index contributed by atoms with van der Waals surface area (Å²) >= 11 is 0. The maximum atomic E-state index is 12.4. The number of carbonyl (C=O) groups excluding carboxylic acids is 2. The topological polar surface area (TPSA) is 110 Å². The maximum absolute atomic E-state index is 12.4. The van der Waals surface area contributed by atoms with E-state index in [-0.39, 0.29) is 17.4 Å². The second-order valence-corrected chi connectivity index (χ2v) is 6.84. The molecule has 0 aromatic heterocycles.